The van der Waals surface area contributed by atoms with Crippen molar-refractivity contribution in [3.63, 3.8) is 0 Å². The quantitative estimate of drug-likeness (QED) is 0.845. The summed E-state index contributed by atoms with van der Waals surface area (Å²) >= 11 is 3.25. The fraction of sp³-hybridized carbons (Fsp3) is 0.583. The Morgan fingerprint density at radius 3 is 2.85 bits per heavy atom. The fourth-order valence-electron chi connectivity index (χ4n) is 2.17. The van der Waals surface area contributed by atoms with Crippen LogP contribution >= 0.6 is 15.9 Å². The van der Waals surface area contributed by atoms with E-state index >= 15 is 0 Å². The van der Waals surface area contributed by atoms with Gasteiger partial charge in [-0.15, -0.1) is 0 Å². The largest absolute Gasteiger partial charge is 0.389 e. The normalized spacial score (nSPS) is 24.0. The highest BCUT2D eigenvalue weighted by atomic mass is 79.9. The molecule has 1 saturated heterocycles. The summed E-state index contributed by atoms with van der Waals surface area (Å²) in [6.07, 6.45) is 1.99. The van der Waals surface area contributed by atoms with Gasteiger partial charge in [-0.25, -0.2) is 13.4 Å². The van der Waals surface area contributed by atoms with E-state index in [1.165, 1.54) is 10.4 Å². The average molecular weight is 364 g/mol. The molecule has 1 aromatic rings. The molecular formula is C12H18BrN3O3S. The van der Waals surface area contributed by atoms with E-state index in [0.717, 1.165) is 0 Å². The molecule has 1 aromatic heterocycles. The van der Waals surface area contributed by atoms with E-state index in [1.54, 1.807) is 13.1 Å². The number of β-amino-alcohol motifs (C(OH)–C–C–N with tert-alkyl or cyclic N) is 1. The molecule has 0 amide bonds. The number of pyridine rings is 1. The van der Waals surface area contributed by atoms with E-state index in [4.69, 9.17) is 0 Å². The number of nitrogens with zero attached hydrogens (tertiary/aromatic N) is 2. The van der Waals surface area contributed by atoms with Crippen LogP contribution in [0.15, 0.2) is 21.6 Å². The summed E-state index contributed by atoms with van der Waals surface area (Å²) in [5.41, 5.74) is -0.967. The molecule has 112 valence electrons. The van der Waals surface area contributed by atoms with Crippen molar-refractivity contribution in [1.82, 2.24) is 9.29 Å². The third-order valence-corrected chi connectivity index (χ3v) is 5.49. The van der Waals surface area contributed by atoms with Crippen molar-refractivity contribution in [2.45, 2.75) is 30.8 Å². The van der Waals surface area contributed by atoms with Crippen molar-refractivity contribution in [3.8, 4) is 0 Å². The van der Waals surface area contributed by atoms with Crippen LogP contribution in [0, 0.1) is 0 Å². The van der Waals surface area contributed by atoms with E-state index in [0.29, 0.717) is 29.8 Å². The number of aromatic nitrogens is 1. The maximum Gasteiger partial charge on any atom is 0.246 e. The molecule has 0 saturated carbocycles. The SMILES string of the molecule is CCNc1ncc(Br)cc1S(=O)(=O)N1CCC(C)(O)C1. The lowest BCUT2D eigenvalue weighted by Crippen LogP contribution is -2.34. The Hall–Kier alpha value is -0.700. The molecule has 0 aromatic carbocycles. The van der Waals surface area contributed by atoms with Gasteiger partial charge < -0.3 is 10.4 Å². The molecule has 20 heavy (non-hydrogen) atoms. The Balaban J connectivity index is 2.41. The van der Waals surface area contributed by atoms with Gasteiger partial charge in [-0.05, 0) is 42.3 Å². The molecule has 0 bridgehead atoms. The summed E-state index contributed by atoms with van der Waals surface area (Å²) < 4.78 is 27.3. The van der Waals surface area contributed by atoms with Crippen molar-refractivity contribution < 1.29 is 13.5 Å². The number of halogens is 1. The molecule has 2 N–H and O–H groups in total. The molecule has 0 radical (unpaired) electrons. The zero-order chi connectivity index (χ0) is 15.0. The minimum atomic E-state index is -3.67. The number of anilines is 1. The first-order valence-electron chi connectivity index (χ1n) is 6.38. The second-order valence-corrected chi connectivity index (χ2v) is 7.94. The summed E-state index contributed by atoms with van der Waals surface area (Å²) in [5, 5.41) is 12.9. The van der Waals surface area contributed by atoms with Crippen molar-refractivity contribution in [1.29, 1.82) is 0 Å². The molecule has 2 rings (SSSR count). The molecule has 1 aliphatic heterocycles. The second kappa shape index (κ2) is 5.59. The zero-order valence-electron chi connectivity index (χ0n) is 11.4. The van der Waals surface area contributed by atoms with Gasteiger partial charge in [0, 0.05) is 30.3 Å². The van der Waals surface area contributed by atoms with Gasteiger partial charge in [0.25, 0.3) is 0 Å². The average Bonchev–Trinajstić information content (AvgIpc) is 2.73. The van der Waals surface area contributed by atoms with Crippen LogP contribution in [0.2, 0.25) is 0 Å². The van der Waals surface area contributed by atoms with Crippen LogP contribution < -0.4 is 5.32 Å². The third-order valence-electron chi connectivity index (χ3n) is 3.20. The van der Waals surface area contributed by atoms with Gasteiger partial charge in [-0.1, -0.05) is 0 Å². The minimum Gasteiger partial charge on any atom is -0.389 e. The van der Waals surface area contributed by atoms with Gasteiger partial charge in [0.05, 0.1) is 5.60 Å². The monoisotopic (exact) mass is 363 g/mol. The van der Waals surface area contributed by atoms with Gasteiger partial charge in [0.15, 0.2) is 0 Å². The van der Waals surface area contributed by atoms with Gasteiger partial charge in [0.2, 0.25) is 10.0 Å². The molecule has 6 nitrogen and oxygen atoms in total. The molecule has 1 unspecified atom stereocenters. The van der Waals surface area contributed by atoms with E-state index < -0.39 is 15.6 Å². The topological polar surface area (TPSA) is 82.5 Å². The van der Waals surface area contributed by atoms with Crippen LogP contribution in [-0.4, -0.2) is 48.0 Å². The maximum atomic E-state index is 12.7. The second-order valence-electron chi connectivity index (χ2n) is 5.12. The summed E-state index contributed by atoms with van der Waals surface area (Å²) in [5.74, 6) is 0.335. The smallest absolute Gasteiger partial charge is 0.246 e. The maximum absolute atomic E-state index is 12.7. The summed E-state index contributed by atoms with van der Waals surface area (Å²) in [7, 11) is -3.67. The summed E-state index contributed by atoms with van der Waals surface area (Å²) in [4.78, 5) is 4.25. The number of hydrogen-bond acceptors (Lipinski definition) is 5. The summed E-state index contributed by atoms with van der Waals surface area (Å²) in [6.45, 7) is 4.52. The highest BCUT2D eigenvalue weighted by Gasteiger charge is 2.39. The van der Waals surface area contributed by atoms with Crippen LogP contribution in [0.1, 0.15) is 20.3 Å². The van der Waals surface area contributed by atoms with E-state index in [9.17, 15) is 13.5 Å². The fourth-order valence-corrected chi connectivity index (χ4v) is 4.35. The number of nitrogens with one attached hydrogen (secondary N) is 1. The summed E-state index contributed by atoms with van der Waals surface area (Å²) in [6, 6.07) is 1.54. The third kappa shape index (κ3) is 3.13. The van der Waals surface area contributed by atoms with Crippen molar-refractivity contribution >= 4 is 31.8 Å². The van der Waals surface area contributed by atoms with Gasteiger partial charge in [-0.2, -0.15) is 4.31 Å². The molecule has 2 heterocycles. The van der Waals surface area contributed by atoms with Crippen molar-refractivity contribution in [2.75, 3.05) is 25.0 Å². The number of rotatable bonds is 4. The molecular weight excluding hydrogens is 346 g/mol. The van der Waals surface area contributed by atoms with Crippen LogP contribution in [0.3, 0.4) is 0 Å². The van der Waals surface area contributed by atoms with Gasteiger partial charge in [0.1, 0.15) is 10.7 Å². The molecule has 1 aliphatic rings. The van der Waals surface area contributed by atoms with Crippen molar-refractivity contribution in [3.05, 3.63) is 16.7 Å². The van der Waals surface area contributed by atoms with Crippen LogP contribution in [-0.2, 0) is 10.0 Å². The molecule has 1 atom stereocenters. The van der Waals surface area contributed by atoms with Crippen molar-refractivity contribution in [2.24, 2.45) is 0 Å². The van der Waals surface area contributed by atoms with E-state index in [2.05, 4.69) is 26.2 Å². The number of hydrogen-bond donors (Lipinski definition) is 2. The highest BCUT2D eigenvalue weighted by Crippen LogP contribution is 2.30. The van der Waals surface area contributed by atoms with Crippen LogP contribution in [0.25, 0.3) is 0 Å². The molecule has 1 fully saturated rings. The minimum absolute atomic E-state index is 0.105. The Morgan fingerprint density at radius 2 is 2.30 bits per heavy atom. The Labute approximate surface area is 127 Å². The number of aliphatic hydroxyl groups is 1. The molecule has 0 aliphatic carbocycles. The zero-order valence-corrected chi connectivity index (χ0v) is 13.8. The van der Waals surface area contributed by atoms with E-state index in [-0.39, 0.29) is 11.4 Å². The van der Waals surface area contributed by atoms with Crippen LogP contribution in [0.5, 0.6) is 0 Å². The lowest BCUT2D eigenvalue weighted by molar-refractivity contribution is 0.0762. The lowest BCUT2D eigenvalue weighted by atomic mass is 10.1. The van der Waals surface area contributed by atoms with Crippen LogP contribution in [0.4, 0.5) is 5.82 Å². The lowest BCUT2D eigenvalue weighted by Gasteiger charge is -2.20. The van der Waals surface area contributed by atoms with E-state index in [1.807, 2.05) is 6.92 Å². The first kappa shape index (κ1) is 15.7. The first-order valence-corrected chi connectivity index (χ1v) is 8.61. The Bertz CT molecular complexity index is 604. The standard InChI is InChI=1S/C12H18BrN3O3S/c1-3-14-11-10(6-9(13)7-15-11)20(18,19)16-5-4-12(2,17)8-16/h6-7,17H,3-5,8H2,1-2H3,(H,14,15). The van der Waals surface area contributed by atoms with Gasteiger partial charge >= 0.3 is 0 Å². The highest BCUT2D eigenvalue weighted by molar-refractivity contribution is 9.10. The predicted octanol–water partition coefficient (Wildman–Crippen LogP) is 1.42. The van der Waals surface area contributed by atoms with Gasteiger partial charge in [-0.3, -0.25) is 0 Å². The predicted molar refractivity (Wildman–Crippen MR) is 80.1 cm³/mol. The number of sulfonamides is 1. The Morgan fingerprint density at radius 1 is 1.60 bits per heavy atom. The molecule has 8 heteroatoms. The Kier molecular flexibility index (Phi) is 4.38. The first-order chi connectivity index (χ1) is 9.26. The molecule has 0 spiro atoms.